The van der Waals surface area contributed by atoms with E-state index in [1.54, 1.807) is 7.05 Å². The molecule has 1 aromatic carbocycles. The summed E-state index contributed by atoms with van der Waals surface area (Å²) in [5, 5.41) is 0. The topological polar surface area (TPSA) is 43.9 Å². The fourth-order valence-corrected chi connectivity index (χ4v) is 7.21. The Bertz CT molecular complexity index is 855. The van der Waals surface area contributed by atoms with E-state index in [1.165, 1.54) is 74.8 Å². The molecule has 180 valence electrons. The second-order valence-corrected chi connectivity index (χ2v) is 10.8. The lowest BCUT2D eigenvalue weighted by atomic mass is 9.74. The van der Waals surface area contributed by atoms with E-state index < -0.39 is 0 Å². The van der Waals surface area contributed by atoms with E-state index in [0.717, 1.165) is 31.6 Å². The van der Waals surface area contributed by atoms with Crippen molar-refractivity contribution in [2.75, 3.05) is 31.6 Å². The van der Waals surface area contributed by atoms with Crippen LogP contribution in [0.25, 0.3) is 0 Å². The summed E-state index contributed by atoms with van der Waals surface area (Å²) in [7, 11) is 1.63. The van der Waals surface area contributed by atoms with Crippen LogP contribution in [0.1, 0.15) is 70.6 Å². The van der Waals surface area contributed by atoms with Gasteiger partial charge in [0.2, 0.25) is 11.8 Å². The Kier molecular flexibility index (Phi) is 6.47. The summed E-state index contributed by atoms with van der Waals surface area (Å²) in [6, 6.07) is 7.24. The number of benzene rings is 1. The maximum absolute atomic E-state index is 13.6. The number of carbonyl (C=O) groups excluding carboxylic acids is 2. The van der Waals surface area contributed by atoms with Gasteiger partial charge >= 0.3 is 0 Å². The summed E-state index contributed by atoms with van der Waals surface area (Å²) in [6.45, 7) is 2.49. The fourth-order valence-electron chi connectivity index (χ4n) is 7.21. The van der Waals surface area contributed by atoms with Crippen molar-refractivity contribution in [2.24, 2.45) is 11.8 Å². The molecule has 6 heteroatoms. The van der Waals surface area contributed by atoms with Gasteiger partial charge in [0.1, 0.15) is 5.82 Å². The Hall–Kier alpha value is -1.95. The van der Waals surface area contributed by atoms with Crippen LogP contribution in [0.4, 0.5) is 10.1 Å². The zero-order chi connectivity index (χ0) is 23.0. The van der Waals surface area contributed by atoms with Crippen molar-refractivity contribution in [1.82, 2.24) is 9.80 Å². The van der Waals surface area contributed by atoms with Crippen LogP contribution in [0.3, 0.4) is 0 Å². The first-order valence-corrected chi connectivity index (χ1v) is 13.1. The number of hydrogen-bond donors (Lipinski definition) is 0. The number of hydrogen-bond acceptors (Lipinski definition) is 4. The number of carbonyl (C=O) groups is 2. The van der Waals surface area contributed by atoms with Gasteiger partial charge in [-0.15, -0.1) is 0 Å². The Balaban J connectivity index is 1.38. The van der Waals surface area contributed by atoms with E-state index in [4.69, 9.17) is 0 Å². The molecular weight excluding hydrogens is 417 g/mol. The zero-order valence-corrected chi connectivity index (χ0v) is 20.0. The first-order valence-electron chi connectivity index (χ1n) is 13.1. The minimum Gasteiger partial charge on any atom is -0.364 e. The summed E-state index contributed by atoms with van der Waals surface area (Å²) >= 11 is 0. The van der Waals surface area contributed by atoms with Crippen molar-refractivity contribution in [2.45, 2.75) is 82.2 Å². The second-order valence-electron chi connectivity index (χ2n) is 10.8. The zero-order valence-electron chi connectivity index (χ0n) is 20.0. The molecule has 33 heavy (non-hydrogen) atoms. The van der Waals surface area contributed by atoms with Crippen molar-refractivity contribution in [3.8, 4) is 0 Å². The average molecular weight is 456 g/mol. The summed E-state index contributed by atoms with van der Waals surface area (Å²) < 4.78 is 13.6. The maximum atomic E-state index is 13.6. The molecule has 5 rings (SSSR count). The number of imide groups is 1. The lowest BCUT2D eigenvalue weighted by molar-refractivity contribution is -0.139. The summed E-state index contributed by atoms with van der Waals surface area (Å²) in [4.78, 5) is 32.5. The number of halogens is 1. The van der Waals surface area contributed by atoms with Crippen molar-refractivity contribution >= 4 is 17.5 Å². The molecular formula is C27H38FN3O2. The number of amides is 2. The Morgan fingerprint density at radius 2 is 1.42 bits per heavy atom. The minimum atomic E-state index is -0.355. The fraction of sp³-hybridized carbons (Fsp3) is 0.704. The van der Waals surface area contributed by atoms with Crippen molar-refractivity contribution in [3.05, 3.63) is 30.1 Å². The van der Waals surface area contributed by atoms with E-state index in [0.29, 0.717) is 12.6 Å². The van der Waals surface area contributed by atoms with E-state index in [-0.39, 0.29) is 35.0 Å². The molecule has 1 aromatic rings. The van der Waals surface area contributed by atoms with Gasteiger partial charge in [0.15, 0.2) is 0 Å². The molecule has 0 aromatic heterocycles. The molecule has 4 fully saturated rings. The van der Waals surface area contributed by atoms with Crippen molar-refractivity contribution in [1.29, 1.82) is 0 Å². The van der Waals surface area contributed by atoms with E-state index >= 15 is 0 Å². The van der Waals surface area contributed by atoms with Gasteiger partial charge in [-0.1, -0.05) is 44.9 Å². The average Bonchev–Trinajstić information content (AvgIpc) is 3.26. The molecule has 0 N–H and O–H groups in total. The summed E-state index contributed by atoms with van der Waals surface area (Å²) in [6.07, 6.45) is 13.8. The third-order valence-electron chi connectivity index (χ3n) is 9.04. The minimum absolute atomic E-state index is 0.0262. The molecule has 0 bridgehead atoms. The maximum Gasteiger partial charge on any atom is 0.235 e. The highest BCUT2D eigenvalue weighted by atomic mass is 19.1. The van der Waals surface area contributed by atoms with Crippen LogP contribution >= 0.6 is 0 Å². The standard InChI is InChI=1S/C27H38FN3O2/c1-29-25(32)23-19-31(22-13-11-20(28)12-14-22)27(24(23)26(29)33)15-17-30(18-16-27)21-9-7-5-3-2-4-6-8-10-21/h11-14,21,23-24H,2-10,15-19H2,1H3. The first-order chi connectivity index (χ1) is 16.0. The second kappa shape index (κ2) is 9.36. The molecule has 1 aliphatic carbocycles. The molecule has 5 nitrogen and oxygen atoms in total. The van der Waals surface area contributed by atoms with E-state index in [2.05, 4.69) is 9.80 Å². The van der Waals surface area contributed by atoms with Crippen molar-refractivity contribution in [3.63, 3.8) is 0 Å². The number of nitrogens with zero attached hydrogens (tertiary/aromatic N) is 3. The Morgan fingerprint density at radius 3 is 2.03 bits per heavy atom. The van der Waals surface area contributed by atoms with Crippen LogP contribution in [-0.2, 0) is 9.59 Å². The predicted octanol–water partition coefficient (Wildman–Crippen LogP) is 4.60. The van der Waals surface area contributed by atoms with Crippen LogP contribution in [0.5, 0.6) is 0 Å². The third-order valence-corrected chi connectivity index (χ3v) is 9.04. The molecule has 2 unspecified atom stereocenters. The smallest absolute Gasteiger partial charge is 0.235 e. The van der Waals surface area contributed by atoms with Gasteiger partial charge in [0.25, 0.3) is 0 Å². The molecule has 4 aliphatic rings. The van der Waals surface area contributed by atoms with E-state index in [1.807, 2.05) is 12.1 Å². The van der Waals surface area contributed by atoms with Crippen LogP contribution in [0, 0.1) is 17.7 Å². The number of rotatable bonds is 2. The summed E-state index contributed by atoms with van der Waals surface area (Å²) in [5.41, 5.74) is 0.577. The molecule has 1 spiro atoms. The SMILES string of the molecule is CN1C(=O)C2CN(c3ccc(F)cc3)C3(CCN(C4CCCCCCCCC4)CC3)C2C1=O. The summed E-state index contributed by atoms with van der Waals surface area (Å²) in [5.74, 6) is -0.908. The lowest BCUT2D eigenvalue weighted by Crippen LogP contribution is -2.59. The monoisotopic (exact) mass is 455 g/mol. The highest BCUT2D eigenvalue weighted by Crippen LogP contribution is 2.51. The lowest BCUT2D eigenvalue weighted by Gasteiger charge is -2.50. The molecule has 3 heterocycles. The van der Waals surface area contributed by atoms with Gasteiger partial charge < -0.3 is 9.80 Å². The molecule has 3 aliphatic heterocycles. The van der Waals surface area contributed by atoms with Crippen LogP contribution in [-0.4, -0.2) is 59.9 Å². The first kappa shape index (κ1) is 22.8. The van der Waals surface area contributed by atoms with Crippen LogP contribution in [0.15, 0.2) is 24.3 Å². The molecule has 3 saturated heterocycles. The van der Waals surface area contributed by atoms with Gasteiger partial charge in [0, 0.05) is 38.4 Å². The number of piperidine rings is 1. The van der Waals surface area contributed by atoms with Gasteiger partial charge in [-0.25, -0.2) is 4.39 Å². The van der Waals surface area contributed by atoms with Gasteiger partial charge in [-0.2, -0.15) is 0 Å². The quantitative estimate of drug-likeness (QED) is 0.611. The van der Waals surface area contributed by atoms with Crippen LogP contribution < -0.4 is 4.90 Å². The molecule has 2 amide bonds. The predicted molar refractivity (Wildman–Crippen MR) is 127 cm³/mol. The Morgan fingerprint density at radius 1 is 0.848 bits per heavy atom. The molecule has 2 atom stereocenters. The normalized spacial score (nSPS) is 29.6. The van der Waals surface area contributed by atoms with E-state index in [9.17, 15) is 14.0 Å². The number of fused-ring (bicyclic) bond motifs is 2. The van der Waals surface area contributed by atoms with Gasteiger partial charge in [0.05, 0.1) is 17.4 Å². The highest BCUT2D eigenvalue weighted by molar-refractivity contribution is 6.07. The third kappa shape index (κ3) is 4.09. The van der Waals surface area contributed by atoms with Crippen molar-refractivity contribution < 1.29 is 14.0 Å². The highest BCUT2D eigenvalue weighted by Gasteiger charge is 2.64. The largest absolute Gasteiger partial charge is 0.364 e. The molecule has 0 radical (unpaired) electrons. The number of likely N-dealkylation sites (tertiary alicyclic amines) is 2. The van der Waals surface area contributed by atoms with Crippen LogP contribution in [0.2, 0.25) is 0 Å². The van der Waals surface area contributed by atoms with Gasteiger partial charge in [-0.3, -0.25) is 14.5 Å². The number of anilines is 1. The Labute approximate surface area is 197 Å². The van der Waals surface area contributed by atoms with Gasteiger partial charge in [-0.05, 0) is 49.9 Å². The molecule has 1 saturated carbocycles.